The number of amides is 1. The van der Waals surface area contributed by atoms with Crippen molar-refractivity contribution in [3.8, 4) is 0 Å². The molecular formula is C20H21N3O4S. The topological polar surface area (TPSA) is 90.3 Å². The number of hydrogen-bond donors (Lipinski definition) is 1. The number of esters is 1. The van der Waals surface area contributed by atoms with E-state index in [1.54, 1.807) is 25.1 Å². The number of hydrogen-bond acceptors (Lipinski definition) is 6. The molecule has 8 heteroatoms. The van der Waals surface area contributed by atoms with Gasteiger partial charge in [-0.15, -0.1) is 11.3 Å². The van der Waals surface area contributed by atoms with Gasteiger partial charge >= 0.3 is 5.97 Å². The van der Waals surface area contributed by atoms with Crippen LogP contribution in [0, 0.1) is 0 Å². The molecule has 0 atom stereocenters. The molecule has 28 heavy (non-hydrogen) atoms. The van der Waals surface area contributed by atoms with Crippen LogP contribution in [0.5, 0.6) is 0 Å². The van der Waals surface area contributed by atoms with Crippen LogP contribution >= 0.6 is 11.3 Å². The van der Waals surface area contributed by atoms with E-state index in [0.29, 0.717) is 23.7 Å². The lowest BCUT2D eigenvalue weighted by Gasteiger charge is -2.07. The SMILES string of the molecule is CCCCn1nc(C(=O)Nc2ccc3sc(C(=O)OCC)cc3c2)ccc1=O. The zero-order valence-electron chi connectivity index (χ0n) is 15.7. The Morgan fingerprint density at radius 1 is 1.18 bits per heavy atom. The molecule has 0 saturated heterocycles. The molecule has 0 bridgehead atoms. The Kier molecular flexibility index (Phi) is 6.20. The average molecular weight is 399 g/mol. The van der Waals surface area contributed by atoms with Gasteiger partial charge in [0.05, 0.1) is 6.61 Å². The maximum atomic E-state index is 12.5. The van der Waals surface area contributed by atoms with Crippen LogP contribution in [0.1, 0.15) is 46.8 Å². The molecule has 0 unspecified atom stereocenters. The lowest BCUT2D eigenvalue weighted by molar-refractivity contribution is 0.0532. The summed E-state index contributed by atoms with van der Waals surface area (Å²) in [6.45, 7) is 4.59. The quantitative estimate of drug-likeness (QED) is 0.612. The zero-order valence-corrected chi connectivity index (χ0v) is 16.5. The van der Waals surface area contributed by atoms with Crippen molar-refractivity contribution < 1.29 is 14.3 Å². The first-order chi connectivity index (χ1) is 13.5. The minimum absolute atomic E-state index is 0.174. The second-order valence-corrected chi connectivity index (χ2v) is 7.26. The molecule has 0 saturated carbocycles. The molecule has 1 amide bonds. The molecule has 0 radical (unpaired) electrons. The fraction of sp³-hybridized carbons (Fsp3) is 0.300. The number of thiophene rings is 1. The molecule has 7 nitrogen and oxygen atoms in total. The van der Waals surface area contributed by atoms with Crippen molar-refractivity contribution in [1.82, 2.24) is 9.78 Å². The predicted octanol–water partition coefficient (Wildman–Crippen LogP) is 3.69. The van der Waals surface area contributed by atoms with Crippen LogP contribution in [0.2, 0.25) is 0 Å². The van der Waals surface area contributed by atoms with Gasteiger partial charge in [0, 0.05) is 23.0 Å². The Morgan fingerprint density at radius 3 is 2.75 bits per heavy atom. The summed E-state index contributed by atoms with van der Waals surface area (Å²) in [5, 5.41) is 7.78. The number of ether oxygens (including phenoxy) is 1. The molecule has 1 N–H and O–H groups in total. The van der Waals surface area contributed by atoms with Crippen molar-refractivity contribution in [3.63, 3.8) is 0 Å². The van der Waals surface area contributed by atoms with E-state index in [4.69, 9.17) is 4.74 Å². The van der Waals surface area contributed by atoms with Gasteiger partial charge in [0.25, 0.3) is 11.5 Å². The number of anilines is 1. The highest BCUT2D eigenvalue weighted by atomic mass is 32.1. The van der Waals surface area contributed by atoms with E-state index >= 15 is 0 Å². The Hall–Kier alpha value is -3.00. The molecule has 3 aromatic rings. The van der Waals surface area contributed by atoms with Gasteiger partial charge in [0.15, 0.2) is 0 Å². The van der Waals surface area contributed by atoms with E-state index in [0.717, 1.165) is 22.9 Å². The molecule has 146 valence electrons. The lowest BCUT2D eigenvalue weighted by atomic mass is 10.2. The first-order valence-corrected chi connectivity index (χ1v) is 9.93. The van der Waals surface area contributed by atoms with Gasteiger partial charge in [-0.3, -0.25) is 9.59 Å². The third-order valence-corrected chi connectivity index (χ3v) is 5.17. The summed E-state index contributed by atoms with van der Waals surface area (Å²) in [5.74, 6) is -0.752. The van der Waals surface area contributed by atoms with Crippen LogP contribution in [0.3, 0.4) is 0 Å². The Labute approximate surface area is 165 Å². The first kappa shape index (κ1) is 19.8. The van der Waals surface area contributed by atoms with E-state index < -0.39 is 5.91 Å². The summed E-state index contributed by atoms with van der Waals surface area (Å²) >= 11 is 1.34. The third kappa shape index (κ3) is 4.45. The van der Waals surface area contributed by atoms with E-state index in [-0.39, 0.29) is 17.2 Å². The summed E-state index contributed by atoms with van der Waals surface area (Å²) in [4.78, 5) is 36.8. The fourth-order valence-electron chi connectivity index (χ4n) is 2.66. The normalized spacial score (nSPS) is 10.8. The number of aromatic nitrogens is 2. The monoisotopic (exact) mass is 399 g/mol. The van der Waals surface area contributed by atoms with E-state index in [2.05, 4.69) is 10.4 Å². The number of aryl methyl sites for hydroxylation is 1. The number of rotatable bonds is 7. The maximum absolute atomic E-state index is 12.5. The summed E-state index contributed by atoms with van der Waals surface area (Å²) < 4.78 is 7.26. The number of nitrogens with one attached hydrogen (secondary N) is 1. The second kappa shape index (κ2) is 8.79. The lowest BCUT2D eigenvalue weighted by Crippen LogP contribution is -2.26. The van der Waals surface area contributed by atoms with E-state index in [1.807, 2.05) is 13.0 Å². The number of unbranched alkanes of at least 4 members (excludes halogenated alkanes) is 1. The number of nitrogens with zero attached hydrogens (tertiary/aromatic N) is 2. The smallest absolute Gasteiger partial charge is 0.348 e. The van der Waals surface area contributed by atoms with Crippen molar-refractivity contribution in [2.75, 3.05) is 11.9 Å². The van der Waals surface area contributed by atoms with Crippen molar-refractivity contribution in [3.05, 3.63) is 57.3 Å². The molecule has 0 aliphatic rings. The Bertz CT molecular complexity index is 1070. The summed E-state index contributed by atoms with van der Waals surface area (Å²) in [6, 6.07) is 9.91. The summed E-state index contributed by atoms with van der Waals surface area (Å²) in [5.41, 5.74) is 0.531. The van der Waals surface area contributed by atoms with Crippen molar-refractivity contribution in [1.29, 1.82) is 0 Å². The van der Waals surface area contributed by atoms with Gasteiger partial charge in [-0.1, -0.05) is 13.3 Å². The van der Waals surface area contributed by atoms with Crippen LogP contribution in [-0.2, 0) is 11.3 Å². The Balaban J connectivity index is 1.79. The number of carbonyl (C=O) groups is 2. The van der Waals surface area contributed by atoms with Gasteiger partial charge in [-0.25, -0.2) is 9.48 Å². The number of benzene rings is 1. The van der Waals surface area contributed by atoms with Crippen molar-refractivity contribution >= 4 is 39.0 Å². The molecule has 0 aliphatic carbocycles. The molecule has 2 heterocycles. The maximum Gasteiger partial charge on any atom is 0.348 e. The average Bonchev–Trinajstić information content (AvgIpc) is 3.11. The number of carbonyl (C=O) groups excluding carboxylic acids is 2. The largest absolute Gasteiger partial charge is 0.462 e. The second-order valence-electron chi connectivity index (χ2n) is 6.17. The van der Waals surface area contributed by atoms with Gasteiger partial charge in [-0.2, -0.15) is 5.10 Å². The van der Waals surface area contributed by atoms with Crippen LogP contribution in [0.4, 0.5) is 5.69 Å². The van der Waals surface area contributed by atoms with Gasteiger partial charge in [0.2, 0.25) is 0 Å². The summed E-state index contributed by atoms with van der Waals surface area (Å²) in [6.07, 6.45) is 1.74. The minimum Gasteiger partial charge on any atom is -0.462 e. The van der Waals surface area contributed by atoms with Crippen molar-refractivity contribution in [2.45, 2.75) is 33.2 Å². The highest BCUT2D eigenvalue weighted by Crippen LogP contribution is 2.28. The molecular weight excluding hydrogens is 378 g/mol. The Morgan fingerprint density at radius 2 is 2.00 bits per heavy atom. The van der Waals surface area contributed by atoms with Gasteiger partial charge < -0.3 is 10.1 Å². The fourth-order valence-corrected chi connectivity index (χ4v) is 3.59. The first-order valence-electron chi connectivity index (χ1n) is 9.12. The van der Waals surface area contributed by atoms with Gasteiger partial charge in [0.1, 0.15) is 10.6 Å². The molecule has 1 aromatic carbocycles. The molecule has 0 aliphatic heterocycles. The number of fused-ring (bicyclic) bond motifs is 1. The van der Waals surface area contributed by atoms with Crippen molar-refractivity contribution in [2.24, 2.45) is 0 Å². The predicted molar refractivity (Wildman–Crippen MR) is 109 cm³/mol. The van der Waals surface area contributed by atoms with E-state index in [1.165, 1.54) is 28.2 Å². The standard InChI is InChI=1S/C20H21N3O4S/c1-3-5-10-23-18(24)9-7-15(22-23)19(25)21-14-6-8-16-13(11-14)12-17(28-16)20(26)27-4-2/h6-9,11-12H,3-5,10H2,1-2H3,(H,21,25). The zero-order chi connectivity index (χ0) is 20.1. The minimum atomic E-state index is -0.398. The van der Waals surface area contributed by atoms with E-state index in [9.17, 15) is 14.4 Å². The van der Waals surface area contributed by atoms with Crippen LogP contribution in [-0.4, -0.2) is 28.3 Å². The van der Waals surface area contributed by atoms with Crippen LogP contribution in [0.15, 0.2) is 41.2 Å². The highest BCUT2D eigenvalue weighted by Gasteiger charge is 2.13. The third-order valence-electron chi connectivity index (χ3n) is 4.07. The highest BCUT2D eigenvalue weighted by molar-refractivity contribution is 7.20. The van der Waals surface area contributed by atoms with Gasteiger partial charge in [-0.05, 0) is 49.1 Å². The summed E-state index contributed by atoms with van der Waals surface area (Å²) in [7, 11) is 0. The molecule has 2 aromatic heterocycles. The van der Waals surface area contributed by atoms with Crippen LogP contribution in [0.25, 0.3) is 10.1 Å². The molecule has 3 rings (SSSR count). The molecule has 0 fully saturated rings. The van der Waals surface area contributed by atoms with Crippen LogP contribution < -0.4 is 10.9 Å². The molecule has 0 spiro atoms.